The molecule has 2 saturated heterocycles. The summed E-state index contributed by atoms with van der Waals surface area (Å²) < 4.78 is 11.3. The molecule has 2 aliphatic heterocycles. The van der Waals surface area contributed by atoms with Gasteiger partial charge in [-0.15, -0.1) is 0 Å². The second kappa shape index (κ2) is 8.97. The van der Waals surface area contributed by atoms with Gasteiger partial charge in [-0.3, -0.25) is 9.80 Å². The maximum absolute atomic E-state index is 5.95. The smallest absolute Gasteiger partial charge is 0.161 e. The van der Waals surface area contributed by atoms with Gasteiger partial charge >= 0.3 is 0 Å². The molecule has 1 aromatic rings. The first kappa shape index (κ1) is 17.9. The van der Waals surface area contributed by atoms with E-state index < -0.39 is 0 Å². The van der Waals surface area contributed by atoms with Crippen molar-refractivity contribution in [2.24, 2.45) is 0 Å². The number of piperazine rings is 1. The van der Waals surface area contributed by atoms with Crippen LogP contribution in [0.4, 0.5) is 0 Å². The van der Waals surface area contributed by atoms with E-state index in [1.54, 1.807) is 7.11 Å². The second-order valence-electron chi connectivity index (χ2n) is 6.72. The first-order chi connectivity index (χ1) is 11.8. The Balaban J connectivity index is 1.39. The van der Waals surface area contributed by atoms with E-state index in [-0.39, 0.29) is 0 Å². The van der Waals surface area contributed by atoms with Gasteiger partial charge in [0, 0.05) is 38.8 Å². The first-order valence-corrected chi connectivity index (χ1v) is 10.2. The van der Waals surface area contributed by atoms with Crippen LogP contribution in [0, 0.1) is 6.92 Å². The van der Waals surface area contributed by atoms with E-state index in [4.69, 9.17) is 9.47 Å². The van der Waals surface area contributed by atoms with Gasteiger partial charge in [-0.25, -0.2) is 0 Å². The summed E-state index contributed by atoms with van der Waals surface area (Å²) >= 11 is 2.11. The van der Waals surface area contributed by atoms with Gasteiger partial charge in [-0.05, 0) is 49.0 Å². The number of ether oxygens (including phenoxy) is 2. The van der Waals surface area contributed by atoms with E-state index in [0.29, 0.717) is 0 Å². The van der Waals surface area contributed by atoms with Crippen molar-refractivity contribution in [3.8, 4) is 11.5 Å². The Kier molecular flexibility index (Phi) is 6.69. The SMILES string of the molecule is COc1cc(C)ccc1OCCN1CCN(C2CCSCC2)CC1. The van der Waals surface area contributed by atoms with Crippen molar-refractivity contribution < 1.29 is 9.47 Å². The summed E-state index contributed by atoms with van der Waals surface area (Å²) in [5.74, 6) is 4.37. The Morgan fingerprint density at radius 2 is 1.83 bits per heavy atom. The van der Waals surface area contributed by atoms with E-state index >= 15 is 0 Å². The van der Waals surface area contributed by atoms with Crippen LogP contribution in [0.5, 0.6) is 11.5 Å². The highest BCUT2D eigenvalue weighted by Crippen LogP contribution is 2.27. The lowest BCUT2D eigenvalue weighted by Gasteiger charge is -2.40. The van der Waals surface area contributed by atoms with Crippen LogP contribution >= 0.6 is 11.8 Å². The molecule has 0 aromatic heterocycles. The van der Waals surface area contributed by atoms with E-state index in [0.717, 1.165) is 43.8 Å². The Morgan fingerprint density at radius 1 is 1.08 bits per heavy atom. The number of hydrogen-bond acceptors (Lipinski definition) is 5. The fourth-order valence-corrected chi connectivity index (χ4v) is 4.66. The van der Waals surface area contributed by atoms with Gasteiger partial charge in [-0.2, -0.15) is 11.8 Å². The Hall–Kier alpha value is -0.910. The monoisotopic (exact) mass is 350 g/mol. The van der Waals surface area contributed by atoms with Crippen molar-refractivity contribution in [3.05, 3.63) is 23.8 Å². The van der Waals surface area contributed by atoms with Crippen LogP contribution in [-0.4, -0.2) is 73.8 Å². The van der Waals surface area contributed by atoms with Crippen molar-refractivity contribution in [2.75, 3.05) is 57.9 Å². The minimum Gasteiger partial charge on any atom is -0.493 e. The zero-order chi connectivity index (χ0) is 16.8. The molecule has 0 aliphatic carbocycles. The second-order valence-corrected chi connectivity index (χ2v) is 7.95. The van der Waals surface area contributed by atoms with Crippen LogP contribution in [0.3, 0.4) is 0 Å². The molecular weight excluding hydrogens is 320 g/mol. The molecule has 0 unspecified atom stereocenters. The first-order valence-electron chi connectivity index (χ1n) is 9.08. The lowest BCUT2D eigenvalue weighted by Crippen LogP contribution is -2.51. The molecule has 24 heavy (non-hydrogen) atoms. The van der Waals surface area contributed by atoms with Gasteiger partial charge in [-0.1, -0.05) is 6.07 Å². The van der Waals surface area contributed by atoms with Crippen LogP contribution in [0.1, 0.15) is 18.4 Å². The Bertz CT molecular complexity index is 512. The summed E-state index contributed by atoms with van der Waals surface area (Å²) in [7, 11) is 1.70. The molecule has 2 aliphatic rings. The van der Waals surface area contributed by atoms with Crippen LogP contribution in [0.2, 0.25) is 0 Å². The molecule has 0 N–H and O–H groups in total. The third kappa shape index (κ3) is 4.80. The molecular formula is C19H30N2O2S. The highest BCUT2D eigenvalue weighted by molar-refractivity contribution is 7.99. The number of thioether (sulfide) groups is 1. The lowest BCUT2D eigenvalue weighted by atomic mass is 10.1. The fourth-order valence-electron chi connectivity index (χ4n) is 3.58. The molecule has 3 rings (SSSR count). The quantitative estimate of drug-likeness (QED) is 0.786. The highest BCUT2D eigenvalue weighted by Gasteiger charge is 2.25. The Labute approximate surface area is 150 Å². The van der Waals surface area contributed by atoms with Gasteiger partial charge in [0.25, 0.3) is 0 Å². The number of benzene rings is 1. The minimum atomic E-state index is 0.722. The Morgan fingerprint density at radius 3 is 2.54 bits per heavy atom. The fraction of sp³-hybridized carbons (Fsp3) is 0.684. The van der Waals surface area contributed by atoms with Gasteiger partial charge in [0.05, 0.1) is 7.11 Å². The maximum atomic E-state index is 5.95. The van der Waals surface area contributed by atoms with Gasteiger partial charge in [0.2, 0.25) is 0 Å². The molecule has 5 heteroatoms. The summed E-state index contributed by atoms with van der Waals surface area (Å²) in [6.45, 7) is 8.53. The average Bonchev–Trinajstić information content (AvgIpc) is 2.64. The van der Waals surface area contributed by atoms with Crippen molar-refractivity contribution in [1.82, 2.24) is 9.80 Å². The normalized spacial score (nSPS) is 20.9. The van der Waals surface area contributed by atoms with E-state index in [9.17, 15) is 0 Å². The number of nitrogens with zero attached hydrogens (tertiary/aromatic N) is 2. The van der Waals surface area contributed by atoms with Crippen LogP contribution in [0.15, 0.2) is 18.2 Å². The summed E-state index contributed by atoms with van der Waals surface area (Å²) in [6.07, 6.45) is 2.75. The van der Waals surface area contributed by atoms with Crippen LogP contribution in [-0.2, 0) is 0 Å². The number of methoxy groups -OCH3 is 1. The standard InChI is InChI=1S/C19H30N2O2S/c1-16-3-4-18(19(15-16)22-2)23-12-11-20-7-9-21(10-8-20)17-5-13-24-14-6-17/h3-4,15,17H,5-14H2,1-2H3. The van der Waals surface area contributed by atoms with E-state index in [1.807, 2.05) is 12.1 Å². The van der Waals surface area contributed by atoms with Crippen molar-refractivity contribution >= 4 is 11.8 Å². The molecule has 4 nitrogen and oxygen atoms in total. The highest BCUT2D eigenvalue weighted by atomic mass is 32.2. The topological polar surface area (TPSA) is 24.9 Å². The van der Waals surface area contributed by atoms with Crippen molar-refractivity contribution in [2.45, 2.75) is 25.8 Å². The van der Waals surface area contributed by atoms with E-state index in [1.165, 1.54) is 43.0 Å². The summed E-state index contributed by atoms with van der Waals surface area (Å²) in [5, 5.41) is 0. The molecule has 2 heterocycles. The molecule has 1 aromatic carbocycles. The number of aryl methyl sites for hydroxylation is 1. The summed E-state index contributed by atoms with van der Waals surface area (Å²) in [6, 6.07) is 6.93. The average molecular weight is 351 g/mol. The molecule has 2 fully saturated rings. The number of hydrogen-bond donors (Lipinski definition) is 0. The molecule has 0 spiro atoms. The zero-order valence-electron chi connectivity index (χ0n) is 15.0. The molecule has 0 amide bonds. The summed E-state index contributed by atoms with van der Waals surface area (Å²) in [5.41, 5.74) is 1.19. The van der Waals surface area contributed by atoms with Gasteiger partial charge in [0.1, 0.15) is 6.61 Å². The third-order valence-corrected chi connectivity index (χ3v) is 6.15. The molecule has 134 valence electrons. The number of rotatable bonds is 6. The molecule has 0 bridgehead atoms. The van der Waals surface area contributed by atoms with Crippen molar-refractivity contribution in [1.29, 1.82) is 0 Å². The zero-order valence-corrected chi connectivity index (χ0v) is 15.8. The maximum Gasteiger partial charge on any atom is 0.161 e. The van der Waals surface area contributed by atoms with E-state index in [2.05, 4.69) is 34.6 Å². The van der Waals surface area contributed by atoms with Crippen LogP contribution in [0.25, 0.3) is 0 Å². The lowest BCUT2D eigenvalue weighted by molar-refractivity contribution is 0.0827. The summed E-state index contributed by atoms with van der Waals surface area (Å²) in [4.78, 5) is 5.23. The predicted molar refractivity (Wildman–Crippen MR) is 102 cm³/mol. The molecule has 0 radical (unpaired) electrons. The molecule has 0 atom stereocenters. The van der Waals surface area contributed by atoms with Gasteiger partial charge in [0.15, 0.2) is 11.5 Å². The van der Waals surface area contributed by atoms with Crippen molar-refractivity contribution in [3.63, 3.8) is 0 Å². The van der Waals surface area contributed by atoms with Gasteiger partial charge < -0.3 is 9.47 Å². The minimum absolute atomic E-state index is 0.722. The third-order valence-electron chi connectivity index (χ3n) is 5.10. The predicted octanol–water partition coefficient (Wildman–Crippen LogP) is 2.90. The van der Waals surface area contributed by atoms with Crippen LogP contribution < -0.4 is 9.47 Å². The molecule has 0 saturated carbocycles. The largest absolute Gasteiger partial charge is 0.493 e.